The molecule has 0 aromatic carbocycles. The van der Waals surface area contributed by atoms with Crippen molar-refractivity contribution >= 4 is 5.91 Å². The molecule has 12 atom stereocenters. The number of carbonyl (C=O) groups is 1. The van der Waals surface area contributed by atoms with Crippen LogP contribution in [-0.4, -0.2) is 140 Å². The fourth-order valence-electron chi connectivity index (χ4n) is 8.75. The minimum absolute atomic E-state index is 0.246. The average Bonchev–Trinajstić information content (AvgIpc) is 3.36. The zero-order chi connectivity index (χ0) is 51.0. The van der Waals surface area contributed by atoms with Gasteiger partial charge >= 0.3 is 0 Å². The van der Waals surface area contributed by atoms with E-state index in [2.05, 4.69) is 67.8 Å². The van der Waals surface area contributed by atoms with Gasteiger partial charge in [0, 0.05) is 6.42 Å². The summed E-state index contributed by atoms with van der Waals surface area (Å²) in [6, 6.07) is -0.912. The first kappa shape index (κ1) is 63.8. The molecular weight excluding hydrogens is 895 g/mol. The molecule has 0 aromatic heterocycles. The maximum absolute atomic E-state index is 13.1. The van der Waals surface area contributed by atoms with Gasteiger partial charge in [0.1, 0.15) is 48.8 Å². The Bertz CT molecular complexity index is 1410. The molecule has 0 aromatic rings. The lowest BCUT2D eigenvalue weighted by molar-refractivity contribution is -0.359. The summed E-state index contributed by atoms with van der Waals surface area (Å²) >= 11 is 0. The van der Waals surface area contributed by atoms with Gasteiger partial charge < -0.3 is 65.1 Å². The van der Waals surface area contributed by atoms with Crippen molar-refractivity contribution in [2.24, 2.45) is 0 Å². The van der Waals surface area contributed by atoms with E-state index in [9.17, 15) is 45.6 Å². The molecule has 0 aliphatic carbocycles. The fourth-order valence-corrected chi connectivity index (χ4v) is 8.75. The first-order chi connectivity index (χ1) is 34.1. The number of amides is 1. The van der Waals surface area contributed by atoms with E-state index in [0.29, 0.717) is 6.42 Å². The molecule has 12 unspecified atom stereocenters. The minimum atomic E-state index is -1.79. The van der Waals surface area contributed by atoms with Gasteiger partial charge in [-0.25, -0.2) is 0 Å². The number of aliphatic hydroxyl groups is 8. The SMILES string of the molecule is CC/C=C\C/C=C\C/C=C\C/C=C\CCCCCCCCCCCCCCCCCCC(=O)NC(COC1OC(CO)C(OC2OC(CO)C(O)C(O)C2O)C(O)C1O)C(O)/C=C/CCCCCCC. The van der Waals surface area contributed by atoms with Crippen molar-refractivity contribution in [1.29, 1.82) is 0 Å². The molecule has 9 N–H and O–H groups in total. The van der Waals surface area contributed by atoms with Gasteiger partial charge in [-0.1, -0.05) is 190 Å². The number of unbranched alkanes of at least 4 members (excludes halogenated alkanes) is 21. The third kappa shape index (κ3) is 28.2. The molecule has 0 radical (unpaired) electrons. The number of carbonyl (C=O) groups excluding carboxylic acids is 1. The average molecular weight is 994 g/mol. The second-order valence-corrected chi connectivity index (χ2v) is 19.3. The van der Waals surface area contributed by atoms with Gasteiger partial charge in [-0.2, -0.15) is 0 Å². The maximum Gasteiger partial charge on any atom is 0.220 e. The van der Waals surface area contributed by atoms with Gasteiger partial charge in [0.05, 0.1) is 32.0 Å². The summed E-state index contributed by atoms with van der Waals surface area (Å²) in [7, 11) is 0. The van der Waals surface area contributed by atoms with Crippen molar-refractivity contribution in [2.75, 3.05) is 19.8 Å². The quantitative estimate of drug-likeness (QED) is 0.0208. The summed E-state index contributed by atoms with van der Waals surface area (Å²) < 4.78 is 22.6. The number of nitrogens with one attached hydrogen (secondary N) is 1. The predicted octanol–water partition coefficient (Wildman–Crippen LogP) is 8.22. The van der Waals surface area contributed by atoms with Crippen LogP contribution in [0.1, 0.15) is 194 Å². The van der Waals surface area contributed by atoms with Crippen molar-refractivity contribution in [2.45, 2.75) is 267 Å². The molecule has 2 rings (SSSR count). The lowest BCUT2D eigenvalue weighted by Gasteiger charge is -2.46. The molecule has 0 bridgehead atoms. The highest BCUT2D eigenvalue weighted by atomic mass is 16.7. The van der Waals surface area contributed by atoms with E-state index in [1.54, 1.807) is 6.08 Å². The Labute approximate surface area is 422 Å². The van der Waals surface area contributed by atoms with E-state index in [1.165, 1.54) is 89.9 Å². The van der Waals surface area contributed by atoms with E-state index in [4.69, 9.17) is 18.9 Å². The molecule has 1 amide bonds. The molecule has 0 saturated carbocycles. The van der Waals surface area contributed by atoms with Gasteiger partial charge in [-0.15, -0.1) is 0 Å². The highest BCUT2D eigenvalue weighted by Gasteiger charge is 2.51. The summed E-state index contributed by atoms with van der Waals surface area (Å²) in [6.07, 6.45) is 36.0. The molecule has 2 fully saturated rings. The summed E-state index contributed by atoms with van der Waals surface area (Å²) in [5.41, 5.74) is 0. The number of allylic oxidation sites excluding steroid dienone is 9. The molecular formula is C56H99NO13. The number of rotatable bonds is 42. The fraction of sp³-hybridized carbons (Fsp3) is 0.804. The van der Waals surface area contributed by atoms with Gasteiger partial charge in [0.15, 0.2) is 12.6 Å². The van der Waals surface area contributed by atoms with Crippen LogP contribution < -0.4 is 5.32 Å². The van der Waals surface area contributed by atoms with Crippen LogP contribution in [0.5, 0.6) is 0 Å². The molecule has 2 heterocycles. The summed E-state index contributed by atoms with van der Waals surface area (Å²) in [6.45, 7) is 2.60. The first-order valence-corrected chi connectivity index (χ1v) is 27.5. The van der Waals surface area contributed by atoms with Crippen molar-refractivity contribution in [3.63, 3.8) is 0 Å². The normalized spacial score (nSPS) is 26.4. The number of hydrogen-bond donors (Lipinski definition) is 9. The Balaban J connectivity index is 1.63. The molecule has 14 nitrogen and oxygen atoms in total. The van der Waals surface area contributed by atoms with Gasteiger partial charge in [-0.05, 0) is 57.8 Å². The lowest BCUT2D eigenvalue weighted by Crippen LogP contribution is -2.65. The Morgan fingerprint density at radius 1 is 0.529 bits per heavy atom. The van der Waals surface area contributed by atoms with Crippen LogP contribution in [0.4, 0.5) is 0 Å². The first-order valence-electron chi connectivity index (χ1n) is 27.5. The van der Waals surface area contributed by atoms with E-state index in [-0.39, 0.29) is 18.9 Å². The van der Waals surface area contributed by atoms with Crippen LogP contribution in [0.3, 0.4) is 0 Å². The van der Waals surface area contributed by atoms with Crippen molar-refractivity contribution < 1.29 is 64.6 Å². The van der Waals surface area contributed by atoms with E-state index < -0.39 is 86.8 Å². The van der Waals surface area contributed by atoms with E-state index in [1.807, 2.05) is 6.08 Å². The number of aliphatic hydroxyl groups excluding tert-OH is 8. The topological polar surface area (TPSA) is 228 Å². The smallest absolute Gasteiger partial charge is 0.220 e. The highest BCUT2D eigenvalue weighted by Crippen LogP contribution is 2.30. The molecule has 0 spiro atoms. The van der Waals surface area contributed by atoms with Crippen LogP contribution in [0, 0.1) is 0 Å². The second kappa shape index (κ2) is 42.1. The summed E-state index contributed by atoms with van der Waals surface area (Å²) in [5.74, 6) is -0.246. The van der Waals surface area contributed by atoms with E-state index in [0.717, 1.165) is 77.0 Å². The van der Waals surface area contributed by atoms with Crippen molar-refractivity contribution in [1.82, 2.24) is 5.32 Å². The van der Waals surface area contributed by atoms with Crippen LogP contribution in [-0.2, 0) is 23.7 Å². The third-order valence-corrected chi connectivity index (χ3v) is 13.2. The Kier molecular flexibility index (Phi) is 38.4. The lowest BCUT2D eigenvalue weighted by atomic mass is 9.97. The Morgan fingerprint density at radius 3 is 1.51 bits per heavy atom. The molecule has 2 aliphatic rings. The zero-order valence-corrected chi connectivity index (χ0v) is 43.2. The molecule has 2 aliphatic heterocycles. The maximum atomic E-state index is 13.1. The zero-order valence-electron chi connectivity index (χ0n) is 43.2. The molecule has 70 heavy (non-hydrogen) atoms. The highest BCUT2D eigenvalue weighted by molar-refractivity contribution is 5.76. The van der Waals surface area contributed by atoms with Crippen LogP contribution in [0.2, 0.25) is 0 Å². The Morgan fingerprint density at radius 2 is 0.986 bits per heavy atom. The van der Waals surface area contributed by atoms with Gasteiger partial charge in [0.2, 0.25) is 5.91 Å². The predicted molar refractivity (Wildman–Crippen MR) is 277 cm³/mol. The number of ether oxygens (including phenoxy) is 4. The molecule has 2 saturated heterocycles. The Hall–Kier alpha value is -2.31. The monoisotopic (exact) mass is 994 g/mol. The van der Waals surface area contributed by atoms with E-state index >= 15 is 0 Å². The minimum Gasteiger partial charge on any atom is -0.394 e. The van der Waals surface area contributed by atoms with Crippen LogP contribution in [0.25, 0.3) is 0 Å². The van der Waals surface area contributed by atoms with Crippen molar-refractivity contribution in [3.8, 4) is 0 Å². The summed E-state index contributed by atoms with van der Waals surface area (Å²) in [4.78, 5) is 13.1. The van der Waals surface area contributed by atoms with Crippen molar-refractivity contribution in [3.05, 3.63) is 60.8 Å². The molecule has 406 valence electrons. The van der Waals surface area contributed by atoms with Gasteiger partial charge in [0.25, 0.3) is 0 Å². The largest absolute Gasteiger partial charge is 0.394 e. The van der Waals surface area contributed by atoms with Gasteiger partial charge in [-0.3, -0.25) is 4.79 Å². The third-order valence-electron chi connectivity index (χ3n) is 13.2. The van der Waals surface area contributed by atoms with Crippen LogP contribution in [0.15, 0.2) is 60.8 Å². The molecule has 14 heteroatoms. The second-order valence-electron chi connectivity index (χ2n) is 19.3. The van der Waals surface area contributed by atoms with Crippen LogP contribution >= 0.6 is 0 Å². The summed E-state index contributed by atoms with van der Waals surface area (Å²) in [5, 5.41) is 86.5. The number of hydrogen-bond acceptors (Lipinski definition) is 13. The standard InChI is InChI=1S/C56H99NO13/c1-3-5-7-9-11-12-13-14-15-16-17-18-19-20-21-22-23-24-25-26-27-28-29-30-31-32-34-36-38-40-48(61)57-44(45(60)39-37-35-33-10-8-6-4-2)43-67-55-53(66)51(64)54(47(42-59)69-55)70-56-52(65)50(63)49(62)46(41-58)68-56/h5,7,11-12,14-15,17-18,37,39,44-47,49-56,58-60,62-66H,3-4,6,8-10,13,16,19-36,38,40-43H2,1-2H3,(H,57,61)/b7-5-,12-11-,15-14-,18-17-,39-37+.